The Morgan fingerprint density at radius 2 is 1.72 bits per heavy atom. The first-order valence-corrected chi connectivity index (χ1v) is 11.4. The van der Waals surface area contributed by atoms with Crippen molar-refractivity contribution in [2.45, 2.75) is 55.5 Å². The third-order valence-electron chi connectivity index (χ3n) is 4.65. The van der Waals surface area contributed by atoms with Crippen LogP contribution >= 0.6 is 35.0 Å². The molecule has 6 heteroatoms. The highest BCUT2D eigenvalue weighted by Crippen LogP contribution is 2.37. The lowest BCUT2D eigenvalue weighted by molar-refractivity contribution is 0.286. The number of nitrogens with zero attached hydrogens (tertiary/aromatic N) is 2. The quantitative estimate of drug-likeness (QED) is 0.398. The molecule has 3 rings (SSSR count). The van der Waals surface area contributed by atoms with E-state index in [0.717, 1.165) is 40.8 Å². The number of aliphatic hydroxyl groups is 1. The number of aromatic nitrogens is 2. The van der Waals surface area contributed by atoms with Crippen LogP contribution in [0.25, 0.3) is 0 Å². The second-order valence-corrected chi connectivity index (χ2v) is 9.23. The number of aliphatic hydroxyl groups excluding tert-OH is 1. The normalized spacial score (nSPS) is 11.4. The topological polar surface area (TPSA) is 38.1 Å². The number of hydrogen-bond acceptors (Lipinski definition) is 3. The van der Waals surface area contributed by atoms with Gasteiger partial charge in [-0.25, -0.2) is 4.98 Å². The summed E-state index contributed by atoms with van der Waals surface area (Å²) in [6.45, 7) is 5.32. The van der Waals surface area contributed by atoms with Crippen LogP contribution in [0.2, 0.25) is 10.0 Å². The van der Waals surface area contributed by atoms with Gasteiger partial charge in [0.25, 0.3) is 0 Å². The van der Waals surface area contributed by atoms with Gasteiger partial charge < -0.3 is 9.67 Å². The zero-order valence-corrected chi connectivity index (χ0v) is 19.1. The molecular formula is C23H26Cl2N2OS. The fourth-order valence-electron chi connectivity index (χ4n) is 3.23. The first kappa shape index (κ1) is 22.2. The smallest absolute Gasteiger partial charge is 0.109 e. The summed E-state index contributed by atoms with van der Waals surface area (Å²) in [5, 5.41) is 11.7. The molecule has 0 bridgehead atoms. The highest BCUT2D eigenvalue weighted by molar-refractivity contribution is 7.99. The van der Waals surface area contributed by atoms with Crippen LogP contribution in [0.1, 0.15) is 43.3 Å². The molecule has 3 aromatic rings. The highest BCUT2D eigenvalue weighted by atomic mass is 35.5. The molecule has 0 saturated carbocycles. The van der Waals surface area contributed by atoms with E-state index >= 15 is 0 Å². The van der Waals surface area contributed by atoms with Gasteiger partial charge in [0.15, 0.2) is 0 Å². The Kier molecular flexibility index (Phi) is 8.07. The maximum atomic E-state index is 9.34. The zero-order chi connectivity index (χ0) is 20.8. The predicted octanol–water partition coefficient (Wildman–Crippen LogP) is 6.63. The first-order valence-electron chi connectivity index (χ1n) is 9.86. The van der Waals surface area contributed by atoms with Gasteiger partial charge in [-0.15, -0.1) is 0 Å². The lowest BCUT2D eigenvalue weighted by Crippen LogP contribution is -2.08. The van der Waals surface area contributed by atoms with Gasteiger partial charge in [0.1, 0.15) is 10.9 Å². The summed E-state index contributed by atoms with van der Waals surface area (Å²) < 4.78 is 2.30. The van der Waals surface area contributed by atoms with E-state index in [1.807, 2.05) is 18.2 Å². The Morgan fingerprint density at radius 1 is 1.03 bits per heavy atom. The fraction of sp³-hybridized carbons (Fsp3) is 0.348. The van der Waals surface area contributed by atoms with Crippen LogP contribution in [0.4, 0.5) is 0 Å². The molecule has 0 aliphatic rings. The molecule has 0 aliphatic carbocycles. The molecular weight excluding hydrogens is 423 g/mol. The number of hydrogen-bond donors (Lipinski definition) is 1. The van der Waals surface area contributed by atoms with Crippen molar-refractivity contribution in [2.75, 3.05) is 6.61 Å². The van der Waals surface area contributed by atoms with Crippen molar-refractivity contribution >= 4 is 35.0 Å². The van der Waals surface area contributed by atoms with Gasteiger partial charge >= 0.3 is 0 Å². The monoisotopic (exact) mass is 448 g/mol. The van der Waals surface area contributed by atoms with Crippen molar-refractivity contribution in [3.63, 3.8) is 0 Å². The second kappa shape index (κ2) is 10.5. The second-order valence-electron chi connectivity index (χ2n) is 7.29. The van der Waals surface area contributed by atoms with E-state index in [0.29, 0.717) is 16.5 Å². The van der Waals surface area contributed by atoms with E-state index in [1.165, 1.54) is 5.56 Å². The summed E-state index contributed by atoms with van der Waals surface area (Å²) in [6, 6.07) is 16.1. The largest absolute Gasteiger partial charge is 0.396 e. The van der Waals surface area contributed by atoms with E-state index in [-0.39, 0.29) is 12.5 Å². The van der Waals surface area contributed by atoms with Crippen molar-refractivity contribution in [3.8, 4) is 0 Å². The Balaban J connectivity index is 1.98. The summed E-state index contributed by atoms with van der Waals surface area (Å²) in [4.78, 5) is 5.96. The van der Waals surface area contributed by atoms with Crippen LogP contribution in [-0.4, -0.2) is 21.3 Å². The molecule has 0 amide bonds. The highest BCUT2D eigenvalue weighted by Gasteiger charge is 2.20. The third kappa shape index (κ3) is 6.02. The molecule has 1 N–H and O–H groups in total. The molecule has 2 aromatic carbocycles. The minimum Gasteiger partial charge on any atom is -0.396 e. The number of rotatable bonds is 9. The maximum absolute atomic E-state index is 9.34. The molecule has 0 saturated heterocycles. The SMILES string of the molecule is CC(C)c1nc(CCCO)n(CCc2ccccc2)c1Sc1cc(Cl)cc(Cl)c1. The van der Waals surface area contributed by atoms with Gasteiger partial charge in [-0.3, -0.25) is 0 Å². The molecule has 3 nitrogen and oxygen atoms in total. The minimum atomic E-state index is 0.162. The number of imidazole rings is 1. The van der Waals surface area contributed by atoms with E-state index < -0.39 is 0 Å². The van der Waals surface area contributed by atoms with E-state index in [1.54, 1.807) is 17.8 Å². The Hall–Kier alpha value is -1.46. The summed E-state index contributed by atoms with van der Waals surface area (Å²) in [6.07, 6.45) is 2.37. The van der Waals surface area contributed by atoms with Gasteiger partial charge in [-0.2, -0.15) is 0 Å². The van der Waals surface area contributed by atoms with E-state index in [4.69, 9.17) is 28.2 Å². The van der Waals surface area contributed by atoms with Crippen LogP contribution in [0, 0.1) is 0 Å². The van der Waals surface area contributed by atoms with Crippen LogP contribution in [0.15, 0.2) is 58.5 Å². The molecule has 0 radical (unpaired) electrons. The first-order chi connectivity index (χ1) is 14.0. The molecule has 29 heavy (non-hydrogen) atoms. The van der Waals surface area contributed by atoms with Gasteiger partial charge in [0, 0.05) is 34.5 Å². The van der Waals surface area contributed by atoms with Crippen molar-refractivity contribution in [1.82, 2.24) is 9.55 Å². The Morgan fingerprint density at radius 3 is 2.34 bits per heavy atom. The number of aryl methyl sites for hydroxylation is 2. The number of halogens is 2. The molecule has 0 spiro atoms. The van der Waals surface area contributed by atoms with Crippen LogP contribution in [-0.2, 0) is 19.4 Å². The maximum Gasteiger partial charge on any atom is 0.109 e. The summed E-state index contributed by atoms with van der Waals surface area (Å²) in [5.41, 5.74) is 2.37. The average molecular weight is 449 g/mol. The van der Waals surface area contributed by atoms with Crippen LogP contribution < -0.4 is 0 Å². The molecule has 0 fully saturated rings. The third-order valence-corrected chi connectivity index (χ3v) is 6.18. The van der Waals surface area contributed by atoms with Crippen LogP contribution in [0.3, 0.4) is 0 Å². The molecule has 1 aromatic heterocycles. The van der Waals surface area contributed by atoms with Gasteiger partial charge in [-0.1, -0.05) is 79.1 Å². The molecule has 0 atom stereocenters. The lowest BCUT2D eigenvalue weighted by Gasteiger charge is -2.14. The van der Waals surface area contributed by atoms with Crippen molar-refractivity contribution in [1.29, 1.82) is 0 Å². The Labute approximate surface area is 187 Å². The van der Waals surface area contributed by atoms with E-state index in [9.17, 15) is 5.11 Å². The molecule has 0 unspecified atom stereocenters. The van der Waals surface area contributed by atoms with Crippen molar-refractivity contribution in [3.05, 3.63) is 75.7 Å². The average Bonchev–Trinajstić information content (AvgIpc) is 3.02. The van der Waals surface area contributed by atoms with Gasteiger partial charge in [-0.05, 0) is 42.5 Å². The molecule has 1 heterocycles. The Bertz CT molecular complexity index is 921. The minimum absolute atomic E-state index is 0.162. The summed E-state index contributed by atoms with van der Waals surface area (Å²) in [5.74, 6) is 1.31. The summed E-state index contributed by atoms with van der Waals surface area (Å²) in [7, 11) is 0. The fourth-order valence-corrected chi connectivity index (χ4v) is 5.17. The van der Waals surface area contributed by atoms with Crippen LogP contribution in [0.5, 0.6) is 0 Å². The lowest BCUT2D eigenvalue weighted by atomic mass is 10.1. The van der Waals surface area contributed by atoms with Gasteiger partial charge in [0.2, 0.25) is 0 Å². The zero-order valence-electron chi connectivity index (χ0n) is 16.7. The van der Waals surface area contributed by atoms with Gasteiger partial charge in [0.05, 0.1) is 5.69 Å². The summed E-state index contributed by atoms with van der Waals surface area (Å²) >= 11 is 14.1. The van der Waals surface area contributed by atoms with Crippen molar-refractivity contribution in [2.24, 2.45) is 0 Å². The molecule has 154 valence electrons. The molecule has 0 aliphatic heterocycles. The number of benzene rings is 2. The van der Waals surface area contributed by atoms with Crippen molar-refractivity contribution < 1.29 is 5.11 Å². The van der Waals surface area contributed by atoms with E-state index in [2.05, 4.69) is 42.7 Å². The predicted molar refractivity (Wildman–Crippen MR) is 122 cm³/mol. The standard InChI is InChI=1S/C23H26Cl2N2OS/c1-16(2)22-23(29-20-14-18(24)13-19(25)15-20)27(21(26-22)9-6-12-28)11-10-17-7-4-3-5-8-17/h3-5,7-8,13-16,28H,6,9-12H2,1-2H3.